The first-order valence-corrected chi connectivity index (χ1v) is 7.40. The molecule has 0 aromatic carbocycles. The Hall–Kier alpha value is -2.26. The van der Waals surface area contributed by atoms with E-state index < -0.39 is 16.0 Å². The molecule has 0 fully saturated rings. The normalized spacial score (nSPS) is 11.5. The molecule has 2 heterocycles. The third-order valence-corrected chi connectivity index (χ3v) is 4.39. The maximum absolute atomic E-state index is 12.2. The van der Waals surface area contributed by atoms with Gasteiger partial charge in [-0.2, -0.15) is 0 Å². The highest BCUT2D eigenvalue weighted by Gasteiger charge is 2.23. The van der Waals surface area contributed by atoms with Gasteiger partial charge < -0.3 is 9.63 Å². The van der Waals surface area contributed by atoms with Crippen molar-refractivity contribution in [3.8, 4) is 0 Å². The van der Waals surface area contributed by atoms with Crippen LogP contribution in [0.2, 0.25) is 0 Å². The molecule has 8 nitrogen and oxygen atoms in total. The third kappa shape index (κ3) is 3.26. The van der Waals surface area contributed by atoms with Gasteiger partial charge in [-0.15, -0.1) is 0 Å². The first-order valence-electron chi connectivity index (χ1n) is 5.92. The smallest absolute Gasteiger partial charge is 0.335 e. The van der Waals surface area contributed by atoms with E-state index in [9.17, 15) is 13.2 Å². The van der Waals surface area contributed by atoms with Gasteiger partial charge in [0.1, 0.15) is 10.6 Å². The third-order valence-electron chi connectivity index (χ3n) is 2.74. The number of hydrogen-bond acceptors (Lipinski definition) is 6. The van der Waals surface area contributed by atoms with Crippen LogP contribution in [0.3, 0.4) is 0 Å². The molecule has 0 saturated carbocycles. The lowest BCUT2D eigenvalue weighted by molar-refractivity contribution is 0.0696. The average Bonchev–Trinajstić information content (AvgIpc) is 2.77. The summed E-state index contributed by atoms with van der Waals surface area (Å²) >= 11 is 0. The van der Waals surface area contributed by atoms with Crippen LogP contribution in [0.1, 0.15) is 27.5 Å². The first-order chi connectivity index (χ1) is 9.81. The summed E-state index contributed by atoms with van der Waals surface area (Å²) in [4.78, 5) is 14.7. The second kappa shape index (κ2) is 5.62. The van der Waals surface area contributed by atoms with Gasteiger partial charge in [0.15, 0.2) is 5.76 Å². The number of carboxylic acids is 1. The lowest BCUT2D eigenvalue weighted by atomic mass is 10.2. The molecule has 0 amide bonds. The first kappa shape index (κ1) is 15.1. The quantitative estimate of drug-likeness (QED) is 0.839. The molecule has 0 atom stereocenters. The number of sulfonamides is 1. The van der Waals surface area contributed by atoms with E-state index in [1.165, 1.54) is 32.2 Å². The standard InChI is InChI=1S/C12H13N3O5S/c1-7-11(8(2)20-15-7)21(18,19)14-6-10-5-9(12(16)17)3-4-13-10/h3-5,14H,6H2,1-2H3,(H,16,17). The number of carbonyl (C=O) groups is 1. The minimum atomic E-state index is -3.80. The van der Waals surface area contributed by atoms with Crippen LogP contribution in [0.15, 0.2) is 27.7 Å². The van der Waals surface area contributed by atoms with Gasteiger partial charge in [-0.1, -0.05) is 5.16 Å². The average molecular weight is 311 g/mol. The molecule has 21 heavy (non-hydrogen) atoms. The fourth-order valence-electron chi connectivity index (χ4n) is 1.81. The van der Waals surface area contributed by atoms with Crippen LogP contribution in [-0.4, -0.2) is 29.6 Å². The Balaban J connectivity index is 2.20. The van der Waals surface area contributed by atoms with Gasteiger partial charge in [-0.3, -0.25) is 4.98 Å². The van der Waals surface area contributed by atoms with Crippen molar-refractivity contribution in [2.75, 3.05) is 0 Å². The molecular weight excluding hydrogens is 298 g/mol. The molecule has 2 aromatic heterocycles. The molecule has 0 bridgehead atoms. The Labute approximate surface area is 120 Å². The summed E-state index contributed by atoms with van der Waals surface area (Å²) in [5.74, 6) is -0.917. The summed E-state index contributed by atoms with van der Waals surface area (Å²) in [5.41, 5.74) is 0.592. The zero-order valence-corrected chi connectivity index (χ0v) is 12.1. The van der Waals surface area contributed by atoms with Gasteiger partial charge in [0.2, 0.25) is 10.0 Å². The monoisotopic (exact) mass is 311 g/mol. The van der Waals surface area contributed by atoms with Crippen LogP contribution < -0.4 is 4.72 Å². The summed E-state index contributed by atoms with van der Waals surface area (Å²) in [5, 5.41) is 12.5. The summed E-state index contributed by atoms with van der Waals surface area (Å²) in [7, 11) is -3.80. The van der Waals surface area contributed by atoms with Gasteiger partial charge in [-0.25, -0.2) is 17.9 Å². The largest absolute Gasteiger partial charge is 0.478 e. The molecule has 112 valence electrons. The summed E-state index contributed by atoms with van der Waals surface area (Å²) in [6.45, 7) is 2.89. The Kier molecular flexibility index (Phi) is 4.05. The fraction of sp³-hybridized carbons (Fsp3) is 0.250. The second-order valence-electron chi connectivity index (χ2n) is 4.32. The zero-order valence-electron chi connectivity index (χ0n) is 11.3. The Morgan fingerprint density at radius 2 is 2.14 bits per heavy atom. The fourth-order valence-corrected chi connectivity index (χ4v) is 3.13. The van der Waals surface area contributed by atoms with Crippen molar-refractivity contribution in [2.45, 2.75) is 25.3 Å². The van der Waals surface area contributed by atoms with E-state index in [0.717, 1.165) is 0 Å². The van der Waals surface area contributed by atoms with E-state index in [0.29, 0.717) is 5.69 Å². The van der Waals surface area contributed by atoms with Crippen molar-refractivity contribution in [3.63, 3.8) is 0 Å². The number of pyridine rings is 1. The molecule has 2 N–H and O–H groups in total. The molecule has 0 radical (unpaired) electrons. The van der Waals surface area contributed by atoms with Crippen LogP contribution in [0.5, 0.6) is 0 Å². The number of hydrogen-bond donors (Lipinski definition) is 2. The topological polar surface area (TPSA) is 122 Å². The molecule has 0 saturated heterocycles. The van der Waals surface area contributed by atoms with E-state index in [2.05, 4.69) is 14.9 Å². The number of carboxylic acid groups (broad SMARTS) is 1. The van der Waals surface area contributed by atoms with E-state index in [4.69, 9.17) is 9.63 Å². The number of nitrogens with zero attached hydrogens (tertiary/aromatic N) is 2. The second-order valence-corrected chi connectivity index (χ2v) is 6.02. The molecule has 2 aromatic rings. The zero-order chi connectivity index (χ0) is 15.6. The number of rotatable bonds is 5. The molecular formula is C12H13N3O5S. The highest BCUT2D eigenvalue weighted by atomic mass is 32.2. The summed E-state index contributed by atoms with van der Waals surface area (Å²) in [6.07, 6.45) is 1.31. The Morgan fingerprint density at radius 3 is 2.71 bits per heavy atom. The van der Waals surface area contributed by atoms with Crippen molar-refractivity contribution >= 4 is 16.0 Å². The van der Waals surface area contributed by atoms with E-state index in [1.807, 2.05) is 0 Å². The molecule has 0 spiro atoms. The minimum Gasteiger partial charge on any atom is -0.478 e. The maximum Gasteiger partial charge on any atom is 0.335 e. The van der Waals surface area contributed by atoms with Crippen molar-refractivity contribution in [2.24, 2.45) is 0 Å². The van der Waals surface area contributed by atoms with Crippen molar-refractivity contribution in [3.05, 3.63) is 41.0 Å². The number of nitrogens with one attached hydrogen (secondary N) is 1. The van der Waals surface area contributed by atoms with E-state index in [1.54, 1.807) is 0 Å². The van der Waals surface area contributed by atoms with Crippen LogP contribution in [0.4, 0.5) is 0 Å². The number of aromatic carboxylic acids is 1. The van der Waals surface area contributed by atoms with Crippen LogP contribution >= 0.6 is 0 Å². The molecule has 0 unspecified atom stereocenters. The predicted octanol–water partition coefficient (Wildman–Crippen LogP) is 0.863. The van der Waals surface area contributed by atoms with Gasteiger partial charge in [0, 0.05) is 6.20 Å². The Bertz CT molecular complexity index is 762. The lowest BCUT2D eigenvalue weighted by Gasteiger charge is -2.06. The van der Waals surface area contributed by atoms with Crippen LogP contribution in [-0.2, 0) is 16.6 Å². The van der Waals surface area contributed by atoms with Crippen molar-refractivity contribution in [1.29, 1.82) is 0 Å². The highest BCUT2D eigenvalue weighted by Crippen LogP contribution is 2.18. The molecule has 0 aliphatic rings. The molecule has 0 aliphatic carbocycles. The predicted molar refractivity (Wildman–Crippen MR) is 71.2 cm³/mol. The van der Waals surface area contributed by atoms with Gasteiger partial charge in [0.05, 0.1) is 17.8 Å². The molecule has 2 rings (SSSR count). The van der Waals surface area contributed by atoms with Crippen molar-refractivity contribution < 1.29 is 22.8 Å². The summed E-state index contributed by atoms with van der Waals surface area (Å²) in [6, 6.07) is 2.63. The lowest BCUT2D eigenvalue weighted by Crippen LogP contribution is -2.24. The molecule has 9 heteroatoms. The van der Waals surface area contributed by atoms with Gasteiger partial charge in [-0.05, 0) is 26.0 Å². The van der Waals surface area contributed by atoms with Crippen LogP contribution in [0.25, 0.3) is 0 Å². The molecule has 0 aliphatic heterocycles. The maximum atomic E-state index is 12.2. The number of aromatic nitrogens is 2. The Morgan fingerprint density at radius 1 is 1.43 bits per heavy atom. The van der Waals surface area contributed by atoms with Gasteiger partial charge in [0.25, 0.3) is 0 Å². The van der Waals surface area contributed by atoms with Crippen molar-refractivity contribution in [1.82, 2.24) is 14.9 Å². The minimum absolute atomic E-state index is 0.0168. The highest BCUT2D eigenvalue weighted by molar-refractivity contribution is 7.89. The summed E-state index contributed by atoms with van der Waals surface area (Å²) < 4.78 is 31.5. The SMILES string of the molecule is Cc1noc(C)c1S(=O)(=O)NCc1cc(C(=O)O)ccn1. The number of aryl methyl sites for hydroxylation is 2. The van der Waals surface area contributed by atoms with Crippen LogP contribution in [0, 0.1) is 13.8 Å². The van der Waals surface area contributed by atoms with E-state index >= 15 is 0 Å². The van der Waals surface area contributed by atoms with Gasteiger partial charge >= 0.3 is 5.97 Å². The van der Waals surface area contributed by atoms with E-state index in [-0.39, 0.29) is 28.5 Å².